The molecular formula is C21H36O2. The summed E-state index contributed by atoms with van der Waals surface area (Å²) < 4.78 is 5.44. The van der Waals surface area contributed by atoms with Crippen LogP contribution < -0.4 is 0 Å². The summed E-state index contributed by atoms with van der Waals surface area (Å²) >= 11 is 0. The Morgan fingerprint density at radius 1 is 0.913 bits per heavy atom. The van der Waals surface area contributed by atoms with E-state index in [4.69, 9.17) is 4.74 Å². The molecule has 0 aromatic heterocycles. The first kappa shape index (κ1) is 21.7. The minimum atomic E-state index is -0.412. The van der Waals surface area contributed by atoms with Crippen LogP contribution in [-0.2, 0) is 9.53 Å². The standard InChI is InChI=1S/C21H36O2/c1-8-20(22)23-21(6,7)16-15-19(5)14-10-13-18(4)12-9-11-17(2)3/h11,13,15H,8-10,12,14,16H2,1-7H3. The summed E-state index contributed by atoms with van der Waals surface area (Å²) in [5.41, 5.74) is 3.80. The molecule has 0 aromatic carbocycles. The third-order valence-corrected chi connectivity index (χ3v) is 3.74. The van der Waals surface area contributed by atoms with Crippen molar-refractivity contribution in [3.8, 4) is 0 Å². The summed E-state index contributed by atoms with van der Waals surface area (Å²) in [7, 11) is 0. The Balaban J connectivity index is 4.20. The van der Waals surface area contributed by atoms with Crippen molar-refractivity contribution in [2.75, 3.05) is 0 Å². The van der Waals surface area contributed by atoms with E-state index in [1.807, 2.05) is 20.8 Å². The summed E-state index contributed by atoms with van der Waals surface area (Å²) in [6, 6.07) is 0. The molecule has 0 unspecified atom stereocenters. The number of hydrogen-bond donors (Lipinski definition) is 0. The van der Waals surface area contributed by atoms with Crippen LogP contribution in [0.1, 0.15) is 87.0 Å². The molecule has 0 aromatic rings. The molecule has 0 atom stereocenters. The maximum atomic E-state index is 11.4. The van der Waals surface area contributed by atoms with E-state index in [1.165, 1.54) is 16.7 Å². The van der Waals surface area contributed by atoms with E-state index < -0.39 is 5.60 Å². The average Bonchev–Trinajstić information content (AvgIpc) is 2.44. The van der Waals surface area contributed by atoms with Crippen LogP contribution in [0, 0.1) is 0 Å². The fraction of sp³-hybridized carbons (Fsp3) is 0.667. The number of allylic oxidation sites excluding steroid dienone is 5. The number of esters is 1. The van der Waals surface area contributed by atoms with Crippen molar-refractivity contribution in [2.24, 2.45) is 0 Å². The number of rotatable bonds is 10. The van der Waals surface area contributed by atoms with Crippen molar-refractivity contribution in [1.29, 1.82) is 0 Å². The second-order valence-corrected chi connectivity index (χ2v) is 7.25. The molecule has 0 amide bonds. The van der Waals surface area contributed by atoms with Crippen molar-refractivity contribution >= 4 is 5.97 Å². The highest BCUT2D eigenvalue weighted by atomic mass is 16.6. The fourth-order valence-corrected chi connectivity index (χ4v) is 2.18. The van der Waals surface area contributed by atoms with Crippen molar-refractivity contribution in [3.63, 3.8) is 0 Å². The highest BCUT2D eigenvalue weighted by Gasteiger charge is 2.20. The van der Waals surface area contributed by atoms with Crippen LogP contribution in [0.15, 0.2) is 34.9 Å². The normalized spacial score (nSPS) is 13.0. The van der Waals surface area contributed by atoms with Crippen LogP contribution in [0.4, 0.5) is 0 Å². The quantitative estimate of drug-likeness (QED) is 0.338. The molecule has 0 saturated carbocycles. The molecule has 0 aliphatic rings. The fourth-order valence-electron chi connectivity index (χ4n) is 2.18. The Morgan fingerprint density at radius 3 is 1.96 bits per heavy atom. The van der Waals surface area contributed by atoms with Gasteiger partial charge in [-0.2, -0.15) is 0 Å². The predicted octanol–water partition coefficient (Wildman–Crippen LogP) is 6.53. The van der Waals surface area contributed by atoms with Gasteiger partial charge in [0.2, 0.25) is 0 Å². The molecule has 0 bridgehead atoms. The first-order valence-corrected chi connectivity index (χ1v) is 8.82. The summed E-state index contributed by atoms with van der Waals surface area (Å²) in [5, 5.41) is 0. The molecule has 0 rings (SSSR count). The van der Waals surface area contributed by atoms with Gasteiger partial charge in [-0.05, 0) is 67.2 Å². The average molecular weight is 321 g/mol. The molecule has 0 radical (unpaired) electrons. The minimum Gasteiger partial charge on any atom is -0.459 e. The molecule has 2 nitrogen and oxygen atoms in total. The highest BCUT2D eigenvalue weighted by molar-refractivity contribution is 5.69. The Labute approximate surface area is 143 Å². The Hall–Kier alpha value is -1.31. The molecule has 132 valence electrons. The van der Waals surface area contributed by atoms with Gasteiger partial charge in [0.05, 0.1) is 0 Å². The van der Waals surface area contributed by atoms with Crippen LogP contribution in [0.5, 0.6) is 0 Å². The first-order chi connectivity index (χ1) is 10.7. The first-order valence-electron chi connectivity index (χ1n) is 8.82. The van der Waals surface area contributed by atoms with E-state index >= 15 is 0 Å². The van der Waals surface area contributed by atoms with E-state index in [0.717, 1.165) is 32.1 Å². The minimum absolute atomic E-state index is 0.129. The molecule has 0 saturated heterocycles. The maximum Gasteiger partial charge on any atom is 0.306 e. The van der Waals surface area contributed by atoms with Crippen LogP contribution in [0.3, 0.4) is 0 Å². The number of carbonyl (C=O) groups is 1. The van der Waals surface area contributed by atoms with Crippen molar-refractivity contribution in [2.45, 2.75) is 92.6 Å². The van der Waals surface area contributed by atoms with Crippen molar-refractivity contribution in [1.82, 2.24) is 0 Å². The Kier molecular flexibility index (Phi) is 10.6. The summed E-state index contributed by atoms with van der Waals surface area (Å²) in [6.45, 7) is 14.4. The largest absolute Gasteiger partial charge is 0.459 e. The van der Waals surface area contributed by atoms with Gasteiger partial charge in [-0.15, -0.1) is 0 Å². The lowest BCUT2D eigenvalue weighted by atomic mass is 10.0. The second kappa shape index (κ2) is 11.3. The van der Waals surface area contributed by atoms with Crippen molar-refractivity contribution < 1.29 is 9.53 Å². The lowest BCUT2D eigenvalue weighted by molar-refractivity contribution is -0.155. The second-order valence-electron chi connectivity index (χ2n) is 7.25. The smallest absolute Gasteiger partial charge is 0.306 e. The number of ether oxygens (including phenoxy) is 1. The van der Waals surface area contributed by atoms with E-state index in [-0.39, 0.29) is 5.97 Å². The molecule has 0 fully saturated rings. The molecular weight excluding hydrogens is 284 g/mol. The number of carbonyl (C=O) groups excluding carboxylic acids is 1. The monoisotopic (exact) mass is 320 g/mol. The van der Waals surface area contributed by atoms with Gasteiger partial charge < -0.3 is 4.74 Å². The zero-order valence-corrected chi connectivity index (χ0v) is 16.3. The molecule has 0 aliphatic carbocycles. The van der Waals surface area contributed by atoms with Crippen LogP contribution >= 0.6 is 0 Å². The molecule has 0 aliphatic heterocycles. The van der Waals surface area contributed by atoms with Gasteiger partial charge in [0.1, 0.15) is 5.60 Å². The summed E-state index contributed by atoms with van der Waals surface area (Å²) in [4.78, 5) is 11.4. The molecule has 2 heteroatoms. The van der Waals surface area contributed by atoms with Crippen LogP contribution in [0.25, 0.3) is 0 Å². The van der Waals surface area contributed by atoms with Crippen LogP contribution in [-0.4, -0.2) is 11.6 Å². The van der Waals surface area contributed by atoms with Gasteiger partial charge in [-0.25, -0.2) is 0 Å². The summed E-state index contributed by atoms with van der Waals surface area (Å²) in [5.74, 6) is -0.129. The van der Waals surface area contributed by atoms with E-state index in [0.29, 0.717) is 6.42 Å². The van der Waals surface area contributed by atoms with Gasteiger partial charge in [0.25, 0.3) is 0 Å². The molecule has 0 N–H and O–H groups in total. The summed E-state index contributed by atoms with van der Waals surface area (Å²) in [6.07, 6.45) is 12.5. The van der Waals surface area contributed by atoms with Gasteiger partial charge in [0.15, 0.2) is 0 Å². The molecule has 23 heavy (non-hydrogen) atoms. The lowest BCUT2D eigenvalue weighted by Crippen LogP contribution is -2.27. The third kappa shape index (κ3) is 12.9. The zero-order chi connectivity index (χ0) is 17.9. The van der Waals surface area contributed by atoms with Crippen LogP contribution in [0.2, 0.25) is 0 Å². The third-order valence-electron chi connectivity index (χ3n) is 3.74. The van der Waals surface area contributed by atoms with E-state index in [2.05, 4.69) is 45.9 Å². The van der Waals surface area contributed by atoms with E-state index in [1.54, 1.807) is 0 Å². The zero-order valence-electron chi connectivity index (χ0n) is 16.3. The molecule has 0 heterocycles. The topological polar surface area (TPSA) is 26.3 Å². The van der Waals surface area contributed by atoms with E-state index in [9.17, 15) is 4.79 Å². The van der Waals surface area contributed by atoms with Gasteiger partial charge in [-0.3, -0.25) is 4.79 Å². The van der Waals surface area contributed by atoms with Gasteiger partial charge >= 0.3 is 5.97 Å². The lowest BCUT2D eigenvalue weighted by Gasteiger charge is -2.23. The maximum absolute atomic E-state index is 11.4. The predicted molar refractivity (Wildman–Crippen MR) is 100 cm³/mol. The molecule has 0 spiro atoms. The highest BCUT2D eigenvalue weighted by Crippen LogP contribution is 2.19. The Bertz CT molecular complexity index is 446. The van der Waals surface area contributed by atoms with Gasteiger partial charge in [0, 0.05) is 12.8 Å². The van der Waals surface area contributed by atoms with Gasteiger partial charge in [-0.1, -0.05) is 41.9 Å². The SMILES string of the molecule is CCC(=O)OC(C)(C)CC=C(C)CCC=C(C)CCC=C(C)C. The van der Waals surface area contributed by atoms with Crippen molar-refractivity contribution in [3.05, 3.63) is 34.9 Å². The Morgan fingerprint density at radius 2 is 1.43 bits per heavy atom. The number of hydrogen-bond acceptors (Lipinski definition) is 2.